The van der Waals surface area contributed by atoms with Crippen LogP contribution in [-0.4, -0.2) is 24.7 Å². The fourth-order valence-electron chi connectivity index (χ4n) is 3.08. The van der Waals surface area contributed by atoms with Crippen molar-refractivity contribution < 1.29 is 30.8 Å². The van der Waals surface area contributed by atoms with Gasteiger partial charge in [-0.3, -0.25) is 0 Å². The predicted octanol–water partition coefficient (Wildman–Crippen LogP) is 6.63. The van der Waals surface area contributed by atoms with Crippen LogP contribution in [0.25, 0.3) is 16.9 Å². The van der Waals surface area contributed by atoms with Gasteiger partial charge in [0.25, 0.3) is 6.01 Å². The molecule has 0 aliphatic rings. The van der Waals surface area contributed by atoms with Gasteiger partial charge in [0.2, 0.25) is 0 Å². The first-order valence-electron chi connectivity index (χ1n) is 9.34. The van der Waals surface area contributed by atoms with Crippen molar-refractivity contribution in [1.29, 1.82) is 0 Å². The number of halogens is 8. The third-order valence-corrected chi connectivity index (χ3v) is 5.15. The number of aromatic nitrogens is 5. The molecule has 0 radical (unpaired) electrons. The van der Waals surface area contributed by atoms with Crippen molar-refractivity contribution in [2.24, 2.45) is 0 Å². The Balaban J connectivity index is 1.67. The summed E-state index contributed by atoms with van der Waals surface area (Å²) in [6.07, 6.45) is -8.65. The normalized spacial score (nSPS) is 13.5. The zero-order valence-corrected chi connectivity index (χ0v) is 18.6. The molecule has 1 aromatic carbocycles. The summed E-state index contributed by atoms with van der Waals surface area (Å²) in [6.45, 7) is 3.14. The van der Waals surface area contributed by atoms with Crippen molar-refractivity contribution in [3.63, 3.8) is 0 Å². The van der Waals surface area contributed by atoms with E-state index in [-0.39, 0.29) is 44.6 Å². The molecule has 3 heterocycles. The number of alkyl halides is 6. The first kappa shape index (κ1) is 24.1. The second-order valence-electron chi connectivity index (χ2n) is 7.15. The number of hydrogen-bond donors (Lipinski definition) is 1. The Bertz CT molecular complexity index is 1380. The Hall–Kier alpha value is -3.06. The fourth-order valence-corrected chi connectivity index (χ4v) is 3.58. The molecule has 4 rings (SSSR count). The molecule has 0 bridgehead atoms. The van der Waals surface area contributed by atoms with E-state index in [4.69, 9.17) is 27.6 Å². The molecule has 15 heteroatoms. The highest BCUT2D eigenvalue weighted by Crippen LogP contribution is 2.37. The van der Waals surface area contributed by atoms with E-state index in [1.165, 1.54) is 0 Å². The molecule has 0 aliphatic heterocycles. The molecular formula is C19H12Cl2F6N6O. The van der Waals surface area contributed by atoms with Gasteiger partial charge in [0.1, 0.15) is 11.3 Å². The number of aryl methyl sites for hydroxylation is 1. The van der Waals surface area contributed by atoms with Crippen molar-refractivity contribution in [2.45, 2.75) is 32.2 Å². The number of benzene rings is 1. The van der Waals surface area contributed by atoms with E-state index in [0.29, 0.717) is 12.3 Å². The molecule has 4 aromatic rings. The van der Waals surface area contributed by atoms with Gasteiger partial charge >= 0.3 is 12.4 Å². The standard InChI is InChI=1S/C19H12Cl2F6N6O/c1-7(29-17-31-13-5-9(18(22,23)24)3-11(20)14(13)34-17)15-30-8(2)32-33(15)16-12(21)4-10(6-28-16)19(25,26)27/h3-7H,1-2H3,(H,29,31)/t7-/m0/s1. The third kappa shape index (κ3) is 4.62. The number of anilines is 1. The predicted molar refractivity (Wildman–Crippen MR) is 110 cm³/mol. The van der Waals surface area contributed by atoms with Crippen molar-refractivity contribution in [2.75, 3.05) is 5.32 Å². The molecule has 1 atom stereocenters. The van der Waals surface area contributed by atoms with Crippen LogP contribution in [0.2, 0.25) is 10.0 Å². The molecule has 0 unspecified atom stereocenters. The second-order valence-corrected chi connectivity index (χ2v) is 7.96. The van der Waals surface area contributed by atoms with Gasteiger partial charge in [-0.1, -0.05) is 23.2 Å². The lowest BCUT2D eigenvalue weighted by Gasteiger charge is -2.14. The number of hydrogen-bond acceptors (Lipinski definition) is 6. The van der Waals surface area contributed by atoms with E-state index in [0.717, 1.165) is 16.8 Å². The number of fused-ring (bicyclic) bond motifs is 1. The number of nitrogens with one attached hydrogen (secondary N) is 1. The Morgan fingerprint density at radius 2 is 1.62 bits per heavy atom. The van der Waals surface area contributed by atoms with Crippen LogP contribution in [0, 0.1) is 6.92 Å². The summed E-state index contributed by atoms with van der Waals surface area (Å²) in [7, 11) is 0. The average molecular weight is 525 g/mol. The van der Waals surface area contributed by atoms with Crippen LogP contribution in [0.4, 0.5) is 32.4 Å². The molecule has 0 amide bonds. The van der Waals surface area contributed by atoms with Crippen molar-refractivity contribution in [1.82, 2.24) is 24.7 Å². The summed E-state index contributed by atoms with van der Waals surface area (Å²) in [5, 5.41) is 6.35. The molecule has 34 heavy (non-hydrogen) atoms. The van der Waals surface area contributed by atoms with Gasteiger partial charge in [0, 0.05) is 6.20 Å². The lowest BCUT2D eigenvalue weighted by molar-refractivity contribution is -0.138. The van der Waals surface area contributed by atoms with Crippen LogP contribution < -0.4 is 5.32 Å². The minimum atomic E-state index is -4.63. The Labute approximate surface area is 196 Å². The van der Waals surface area contributed by atoms with Crippen LogP contribution in [0.1, 0.15) is 35.7 Å². The van der Waals surface area contributed by atoms with Crippen molar-refractivity contribution in [3.05, 3.63) is 57.2 Å². The van der Waals surface area contributed by atoms with Gasteiger partial charge in [-0.2, -0.15) is 36.0 Å². The smallest absolute Gasteiger partial charge is 0.417 e. The number of rotatable bonds is 4. The number of oxazole rings is 1. The summed E-state index contributed by atoms with van der Waals surface area (Å²) in [5.74, 6) is 0.335. The van der Waals surface area contributed by atoms with Gasteiger partial charge in [0.05, 0.1) is 27.2 Å². The van der Waals surface area contributed by atoms with Gasteiger partial charge in [-0.25, -0.2) is 9.97 Å². The Morgan fingerprint density at radius 1 is 0.971 bits per heavy atom. The highest BCUT2D eigenvalue weighted by molar-refractivity contribution is 6.34. The van der Waals surface area contributed by atoms with Crippen molar-refractivity contribution in [3.8, 4) is 5.82 Å². The lowest BCUT2D eigenvalue weighted by Crippen LogP contribution is -2.15. The molecule has 3 aromatic heterocycles. The lowest BCUT2D eigenvalue weighted by atomic mass is 10.2. The van der Waals surface area contributed by atoms with E-state index >= 15 is 0 Å². The maximum Gasteiger partial charge on any atom is 0.417 e. The zero-order valence-electron chi connectivity index (χ0n) is 17.1. The van der Waals surface area contributed by atoms with E-state index in [1.54, 1.807) is 13.8 Å². The van der Waals surface area contributed by atoms with Crippen LogP contribution in [0.15, 0.2) is 28.8 Å². The van der Waals surface area contributed by atoms with Crippen LogP contribution in [-0.2, 0) is 12.4 Å². The SMILES string of the molecule is Cc1nc([C@H](C)Nc2nc3cc(C(F)(F)F)cc(Cl)c3o2)n(-c2ncc(C(F)(F)F)cc2Cl)n1. The number of nitrogens with zero attached hydrogens (tertiary/aromatic N) is 5. The molecule has 180 valence electrons. The first-order chi connectivity index (χ1) is 15.7. The van der Waals surface area contributed by atoms with Crippen LogP contribution in [0.3, 0.4) is 0 Å². The molecule has 0 saturated heterocycles. The monoisotopic (exact) mass is 524 g/mol. The highest BCUT2D eigenvalue weighted by Gasteiger charge is 2.33. The maximum atomic E-state index is 13.0. The molecule has 7 nitrogen and oxygen atoms in total. The molecular weight excluding hydrogens is 513 g/mol. The van der Waals surface area contributed by atoms with Gasteiger partial charge in [-0.05, 0) is 32.0 Å². The Kier molecular flexibility index (Phi) is 5.88. The van der Waals surface area contributed by atoms with Crippen molar-refractivity contribution >= 4 is 40.3 Å². The maximum absolute atomic E-state index is 13.0. The quantitative estimate of drug-likeness (QED) is 0.302. The summed E-state index contributed by atoms with van der Waals surface area (Å²) in [6, 6.07) is 1.32. The molecule has 0 aliphatic carbocycles. The van der Waals surface area contributed by atoms with E-state index in [1.807, 2.05) is 0 Å². The average Bonchev–Trinajstić information content (AvgIpc) is 3.29. The summed E-state index contributed by atoms with van der Waals surface area (Å²) >= 11 is 11.9. The van der Waals surface area contributed by atoms with Gasteiger partial charge < -0.3 is 9.73 Å². The largest absolute Gasteiger partial charge is 0.422 e. The minimum Gasteiger partial charge on any atom is -0.422 e. The van der Waals surface area contributed by atoms with E-state index in [9.17, 15) is 26.3 Å². The van der Waals surface area contributed by atoms with Crippen LogP contribution >= 0.6 is 23.2 Å². The zero-order chi connectivity index (χ0) is 25.0. The molecule has 0 saturated carbocycles. The summed E-state index contributed by atoms with van der Waals surface area (Å²) < 4.78 is 84.5. The van der Waals surface area contributed by atoms with Gasteiger partial charge in [-0.15, -0.1) is 5.10 Å². The first-order valence-corrected chi connectivity index (χ1v) is 10.1. The number of pyridine rings is 1. The summed E-state index contributed by atoms with van der Waals surface area (Å²) in [5.41, 5.74) is -2.21. The molecule has 0 spiro atoms. The van der Waals surface area contributed by atoms with E-state index < -0.39 is 29.5 Å². The highest BCUT2D eigenvalue weighted by atomic mass is 35.5. The van der Waals surface area contributed by atoms with Gasteiger partial charge in [0.15, 0.2) is 17.2 Å². The fraction of sp³-hybridized carbons (Fsp3) is 0.263. The topological polar surface area (TPSA) is 81.7 Å². The minimum absolute atomic E-state index is 0.0607. The Morgan fingerprint density at radius 3 is 2.24 bits per heavy atom. The van der Waals surface area contributed by atoms with Crippen LogP contribution in [0.5, 0.6) is 0 Å². The summed E-state index contributed by atoms with van der Waals surface area (Å²) in [4.78, 5) is 12.0. The third-order valence-electron chi connectivity index (χ3n) is 4.59. The molecule has 0 fully saturated rings. The van der Waals surface area contributed by atoms with E-state index in [2.05, 4.69) is 25.4 Å². The molecule has 1 N–H and O–H groups in total. The second kappa shape index (κ2) is 8.31.